The first-order valence-electron chi connectivity index (χ1n) is 8.33. The minimum absolute atomic E-state index is 0.0279. The predicted octanol–water partition coefficient (Wildman–Crippen LogP) is 1.55. The number of likely N-dealkylation sites (tertiary alicyclic amines) is 1. The molecule has 1 aromatic rings. The van der Waals surface area contributed by atoms with Gasteiger partial charge in [-0.05, 0) is 24.8 Å². The van der Waals surface area contributed by atoms with Crippen LogP contribution in [0.2, 0.25) is 0 Å². The number of hydrogen-bond acceptors (Lipinski definition) is 3. The minimum atomic E-state index is -0.900. The van der Waals surface area contributed by atoms with Crippen LogP contribution in [0.5, 0.6) is 0 Å². The molecule has 6 heteroatoms. The molecule has 0 bridgehead atoms. The zero-order chi connectivity index (χ0) is 17.2. The summed E-state index contributed by atoms with van der Waals surface area (Å²) in [5, 5.41) is 11.9. The molecule has 1 saturated carbocycles. The Kier molecular flexibility index (Phi) is 4.55. The zero-order valence-corrected chi connectivity index (χ0v) is 13.5. The Morgan fingerprint density at radius 3 is 2.54 bits per heavy atom. The third-order valence-electron chi connectivity index (χ3n) is 4.99. The molecule has 1 atom stereocenters. The highest BCUT2D eigenvalue weighted by Crippen LogP contribution is 2.35. The van der Waals surface area contributed by atoms with E-state index in [1.165, 1.54) is 0 Å². The zero-order valence-electron chi connectivity index (χ0n) is 13.5. The Balaban J connectivity index is 1.58. The van der Waals surface area contributed by atoms with Crippen molar-refractivity contribution in [1.82, 2.24) is 10.2 Å². The lowest BCUT2D eigenvalue weighted by molar-refractivity contribution is -0.141. The Bertz CT molecular complexity index is 640. The van der Waals surface area contributed by atoms with Gasteiger partial charge in [-0.15, -0.1) is 0 Å². The summed E-state index contributed by atoms with van der Waals surface area (Å²) >= 11 is 0. The molecule has 1 heterocycles. The van der Waals surface area contributed by atoms with Gasteiger partial charge < -0.3 is 15.3 Å². The molecule has 1 aliphatic carbocycles. The molecule has 6 nitrogen and oxygen atoms in total. The number of hydrogen-bond donors (Lipinski definition) is 2. The molecule has 0 spiro atoms. The molecule has 2 fully saturated rings. The van der Waals surface area contributed by atoms with Gasteiger partial charge in [0.05, 0.1) is 17.9 Å². The molecule has 2 amide bonds. The van der Waals surface area contributed by atoms with Crippen molar-refractivity contribution in [3.63, 3.8) is 0 Å². The smallest absolute Gasteiger partial charge is 0.305 e. The van der Waals surface area contributed by atoms with Crippen LogP contribution in [0.25, 0.3) is 0 Å². The largest absolute Gasteiger partial charge is 0.481 e. The van der Waals surface area contributed by atoms with E-state index in [4.69, 9.17) is 5.11 Å². The molecule has 1 unspecified atom stereocenters. The maximum atomic E-state index is 12.5. The molecule has 128 valence electrons. The van der Waals surface area contributed by atoms with E-state index in [9.17, 15) is 14.4 Å². The van der Waals surface area contributed by atoms with E-state index in [0.717, 1.165) is 12.0 Å². The second-order valence-corrected chi connectivity index (χ2v) is 6.85. The van der Waals surface area contributed by atoms with Crippen molar-refractivity contribution in [1.29, 1.82) is 0 Å². The van der Waals surface area contributed by atoms with Crippen LogP contribution in [0.15, 0.2) is 30.3 Å². The van der Waals surface area contributed by atoms with Gasteiger partial charge in [0, 0.05) is 19.5 Å². The van der Waals surface area contributed by atoms with E-state index in [1.807, 2.05) is 30.3 Å². The number of benzene rings is 1. The first kappa shape index (κ1) is 16.5. The Hall–Kier alpha value is -2.37. The van der Waals surface area contributed by atoms with Crippen molar-refractivity contribution in [3.05, 3.63) is 35.9 Å². The van der Waals surface area contributed by atoms with E-state index < -0.39 is 17.4 Å². The first-order valence-corrected chi connectivity index (χ1v) is 8.33. The van der Waals surface area contributed by atoms with Gasteiger partial charge in [-0.1, -0.05) is 30.3 Å². The molecular formula is C18H22N2O4. The number of carboxylic acid groups (broad SMARTS) is 1. The molecule has 3 rings (SSSR count). The Morgan fingerprint density at radius 1 is 1.25 bits per heavy atom. The minimum Gasteiger partial charge on any atom is -0.481 e. The van der Waals surface area contributed by atoms with E-state index in [-0.39, 0.29) is 24.7 Å². The fourth-order valence-corrected chi connectivity index (χ4v) is 3.51. The maximum Gasteiger partial charge on any atom is 0.305 e. The summed E-state index contributed by atoms with van der Waals surface area (Å²) in [6.07, 6.45) is 2.46. The molecule has 2 aliphatic rings. The number of rotatable bonds is 6. The molecule has 1 saturated heterocycles. The first-order chi connectivity index (χ1) is 11.5. The standard InChI is InChI=1S/C18H22N2O4/c21-15-9-14(12-20(15)11-13-5-2-1-3-6-13)17(24)19-18(7-4-8-18)10-16(22)23/h1-3,5-6,14H,4,7-12H2,(H,19,24)(H,22,23). The van der Waals surface area contributed by atoms with Crippen LogP contribution in [0, 0.1) is 5.92 Å². The van der Waals surface area contributed by atoms with Crippen molar-refractivity contribution in [3.8, 4) is 0 Å². The molecule has 0 radical (unpaired) electrons. The van der Waals surface area contributed by atoms with E-state index >= 15 is 0 Å². The van der Waals surface area contributed by atoms with E-state index in [1.54, 1.807) is 4.90 Å². The monoisotopic (exact) mass is 330 g/mol. The topological polar surface area (TPSA) is 86.7 Å². The number of nitrogens with zero attached hydrogens (tertiary/aromatic N) is 1. The Morgan fingerprint density at radius 2 is 1.96 bits per heavy atom. The number of aliphatic carboxylic acids is 1. The molecule has 1 aromatic carbocycles. The van der Waals surface area contributed by atoms with Gasteiger partial charge >= 0.3 is 5.97 Å². The molecule has 1 aliphatic heterocycles. The van der Waals surface area contributed by atoms with Gasteiger partial charge in [-0.25, -0.2) is 0 Å². The van der Waals surface area contributed by atoms with Crippen LogP contribution < -0.4 is 5.32 Å². The average molecular weight is 330 g/mol. The molecule has 24 heavy (non-hydrogen) atoms. The fourth-order valence-electron chi connectivity index (χ4n) is 3.51. The van der Waals surface area contributed by atoms with Crippen LogP contribution in [-0.4, -0.2) is 39.9 Å². The van der Waals surface area contributed by atoms with Gasteiger partial charge in [-0.3, -0.25) is 14.4 Å². The highest BCUT2D eigenvalue weighted by molar-refractivity contribution is 5.90. The summed E-state index contributed by atoms with van der Waals surface area (Å²) in [5.74, 6) is -1.52. The normalized spacial score (nSPS) is 22.1. The van der Waals surface area contributed by atoms with Crippen molar-refractivity contribution < 1.29 is 19.5 Å². The van der Waals surface area contributed by atoms with Crippen LogP contribution in [0.3, 0.4) is 0 Å². The van der Waals surface area contributed by atoms with Gasteiger partial charge in [0.25, 0.3) is 0 Å². The lowest BCUT2D eigenvalue weighted by atomic mass is 9.74. The summed E-state index contributed by atoms with van der Waals surface area (Å²) in [5.41, 5.74) is 0.423. The summed E-state index contributed by atoms with van der Waals surface area (Å²) in [4.78, 5) is 37.4. The van der Waals surface area contributed by atoms with Crippen molar-refractivity contribution in [2.24, 2.45) is 5.92 Å². The summed E-state index contributed by atoms with van der Waals surface area (Å²) in [7, 11) is 0. The quantitative estimate of drug-likeness (QED) is 0.828. The number of nitrogens with one attached hydrogen (secondary N) is 1. The van der Waals surface area contributed by atoms with Crippen LogP contribution >= 0.6 is 0 Å². The number of amides is 2. The van der Waals surface area contributed by atoms with E-state index in [0.29, 0.717) is 25.9 Å². The summed E-state index contributed by atoms with van der Waals surface area (Å²) < 4.78 is 0. The van der Waals surface area contributed by atoms with Gasteiger partial charge in [0.1, 0.15) is 0 Å². The summed E-state index contributed by atoms with van der Waals surface area (Å²) in [6, 6.07) is 9.68. The van der Waals surface area contributed by atoms with Crippen LogP contribution in [0.4, 0.5) is 0 Å². The van der Waals surface area contributed by atoms with E-state index in [2.05, 4.69) is 5.32 Å². The highest BCUT2D eigenvalue weighted by atomic mass is 16.4. The third-order valence-corrected chi connectivity index (χ3v) is 4.99. The third kappa shape index (κ3) is 3.58. The van der Waals surface area contributed by atoms with Gasteiger partial charge in [0.2, 0.25) is 11.8 Å². The lowest BCUT2D eigenvalue weighted by Crippen LogP contribution is -2.56. The number of carbonyl (C=O) groups is 3. The highest BCUT2D eigenvalue weighted by Gasteiger charge is 2.43. The second kappa shape index (κ2) is 6.63. The maximum absolute atomic E-state index is 12.5. The molecule has 2 N–H and O–H groups in total. The van der Waals surface area contributed by atoms with Crippen LogP contribution in [-0.2, 0) is 20.9 Å². The average Bonchev–Trinajstić information content (AvgIpc) is 2.87. The second-order valence-electron chi connectivity index (χ2n) is 6.85. The van der Waals surface area contributed by atoms with Crippen molar-refractivity contribution in [2.45, 2.75) is 44.2 Å². The fraction of sp³-hybridized carbons (Fsp3) is 0.500. The summed E-state index contributed by atoms with van der Waals surface area (Å²) in [6.45, 7) is 0.895. The lowest BCUT2D eigenvalue weighted by Gasteiger charge is -2.42. The van der Waals surface area contributed by atoms with Crippen molar-refractivity contribution in [2.75, 3.05) is 6.54 Å². The van der Waals surface area contributed by atoms with Crippen LogP contribution in [0.1, 0.15) is 37.7 Å². The SMILES string of the molecule is O=C(O)CC1(NC(=O)C2CC(=O)N(Cc3ccccc3)C2)CCC1. The Labute approximate surface area is 140 Å². The number of carbonyl (C=O) groups excluding carboxylic acids is 2. The number of carboxylic acids is 1. The molecular weight excluding hydrogens is 308 g/mol. The van der Waals surface area contributed by atoms with Gasteiger partial charge in [0.15, 0.2) is 0 Å². The molecule has 0 aromatic heterocycles. The van der Waals surface area contributed by atoms with Crippen molar-refractivity contribution >= 4 is 17.8 Å². The van der Waals surface area contributed by atoms with Gasteiger partial charge in [-0.2, -0.15) is 0 Å². The predicted molar refractivity (Wildman–Crippen MR) is 86.9 cm³/mol.